The van der Waals surface area contributed by atoms with Crippen LogP contribution in [0.25, 0.3) is 5.65 Å². The number of benzene rings is 1. The number of hydrogen-bond donors (Lipinski definition) is 1. The number of esters is 1. The van der Waals surface area contributed by atoms with Crippen LogP contribution in [0.1, 0.15) is 35.9 Å². The van der Waals surface area contributed by atoms with Gasteiger partial charge in [0.05, 0.1) is 18.1 Å². The number of aryl methyl sites for hydroxylation is 1. The van der Waals surface area contributed by atoms with E-state index in [1.165, 1.54) is 0 Å². The van der Waals surface area contributed by atoms with Gasteiger partial charge in [-0.05, 0) is 63.1 Å². The molecule has 3 aromatic rings. The summed E-state index contributed by atoms with van der Waals surface area (Å²) in [5.74, 6) is 0.977. The third-order valence-corrected chi connectivity index (χ3v) is 5.18. The van der Waals surface area contributed by atoms with Crippen molar-refractivity contribution in [2.24, 2.45) is 5.92 Å². The van der Waals surface area contributed by atoms with Gasteiger partial charge in [0.25, 0.3) is 0 Å². The average Bonchev–Trinajstić information content (AvgIpc) is 3.14. The van der Waals surface area contributed by atoms with Crippen molar-refractivity contribution in [2.45, 2.75) is 26.7 Å². The fraction of sp³-hybridized carbons (Fsp3) is 0.381. The van der Waals surface area contributed by atoms with Crippen molar-refractivity contribution in [3.05, 3.63) is 47.8 Å². The third-order valence-electron chi connectivity index (χ3n) is 5.18. The van der Waals surface area contributed by atoms with E-state index in [1.54, 1.807) is 35.7 Å². The highest BCUT2D eigenvalue weighted by molar-refractivity contribution is 5.94. The monoisotopic (exact) mass is 408 g/mol. The van der Waals surface area contributed by atoms with Crippen LogP contribution in [-0.2, 0) is 9.53 Å². The van der Waals surface area contributed by atoms with E-state index in [4.69, 9.17) is 4.74 Å². The lowest BCUT2D eigenvalue weighted by Gasteiger charge is -2.32. The van der Waals surface area contributed by atoms with Gasteiger partial charge in [-0.3, -0.25) is 4.79 Å². The Labute approximate surface area is 174 Å². The maximum absolute atomic E-state index is 12.8. The molecule has 1 aliphatic rings. The molecule has 156 valence electrons. The lowest BCUT2D eigenvalue weighted by molar-refractivity contribution is -0.120. The molecular formula is C21H24N6O3. The Bertz CT molecular complexity index is 1060. The summed E-state index contributed by atoms with van der Waals surface area (Å²) in [5, 5.41) is 15.7. The first-order valence-electron chi connectivity index (χ1n) is 10.1. The Balaban J connectivity index is 1.41. The molecule has 0 aliphatic carbocycles. The van der Waals surface area contributed by atoms with E-state index in [0.29, 0.717) is 30.0 Å². The van der Waals surface area contributed by atoms with E-state index in [2.05, 4.69) is 25.5 Å². The summed E-state index contributed by atoms with van der Waals surface area (Å²) in [6, 6.07) is 10.5. The normalized spacial score (nSPS) is 16.5. The van der Waals surface area contributed by atoms with Crippen LogP contribution in [0.4, 0.5) is 11.5 Å². The van der Waals surface area contributed by atoms with Gasteiger partial charge in [-0.1, -0.05) is 0 Å². The standard InChI is InChI=1S/C21H24N6O3/c1-3-30-21(29)15-6-8-17(9-7-15)22-20(28)16-5-4-12-26(13-16)19-11-10-18-24-23-14(2)27(18)25-19/h6-11,16H,3-5,12-13H2,1-2H3,(H,22,28)/t16-/m0/s1. The maximum atomic E-state index is 12.8. The molecule has 9 heteroatoms. The molecule has 1 N–H and O–H groups in total. The van der Waals surface area contributed by atoms with Crippen molar-refractivity contribution in [2.75, 3.05) is 29.9 Å². The third kappa shape index (κ3) is 4.10. The molecule has 1 fully saturated rings. The van der Waals surface area contributed by atoms with Gasteiger partial charge in [0.15, 0.2) is 11.5 Å². The van der Waals surface area contributed by atoms with Crippen molar-refractivity contribution in [3.63, 3.8) is 0 Å². The van der Waals surface area contributed by atoms with Gasteiger partial charge in [-0.25, -0.2) is 4.79 Å². The molecule has 0 unspecified atom stereocenters. The van der Waals surface area contributed by atoms with Gasteiger partial charge in [-0.15, -0.1) is 15.3 Å². The number of aromatic nitrogens is 4. The molecule has 1 aromatic carbocycles. The second kappa shape index (κ2) is 8.48. The fourth-order valence-corrected chi connectivity index (χ4v) is 3.60. The van der Waals surface area contributed by atoms with Crippen LogP contribution < -0.4 is 10.2 Å². The first-order chi connectivity index (χ1) is 14.5. The summed E-state index contributed by atoms with van der Waals surface area (Å²) in [4.78, 5) is 26.7. The number of ether oxygens (including phenoxy) is 1. The molecule has 30 heavy (non-hydrogen) atoms. The number of nitrogens with one attached hydrogen (secondary N) is 1. The molecule has 0 saturated carbocycles. The Hall–Kier alpha value is -3.49. The van der Waals surface area contributed by atoms with Gasteiger partial charge < -0.3 is 15.0 Å². The predicted octanol–water partition coefficient (Wildman–Crippen LogP) is 2.46. The smallest absolute Gasteiger partial charge is 0.338 e. The van der Waals surface area contributed by atoms with Crippen molar-refractivity contribution in [1.29, 1.82) is 0 Å². The van der Waals surface area contributed by atoms with Crippen molar-refractivity contribution in [3.8, 4) is 0 Å². The van der Waals surface area contributed by atoms with Crippen LogP contribution in [0.3, 0.4) is 0 Å². The molecular weight excluding hydrogens is 384 g/mol. The van der Waals surface area contributed by atoms with Crippen LogP contribution in [0.15, 0.2) is 36.4 Å². The SMILES string of the molecule is CCOC(=O)c1ccc(NC(=O)[C@H]2CCCN(c3ccc4nnc(C)n4n3)C2)cc1. The summed E-state index contributed by atoms with van der Waals surface area (Å²) in [6.07, 6.45) is 1.72. The van der Waals surface area contributed by atoms with E-state index >= 15 is 0 Å². The van der Waals surface area contributed by atoms with Crippen LogP contribution in [0.5, 0.6) is 0 Å². The number of amides is 1. The number of hydrogen-bond acceptors (Lipinski definition) is 7. The first kappa shape index (κ1) is 19.8. The molecule has 0 bridgehead atoms. The van der Waals surface area contributed by atoms with Gasteiger partial charge in [0, 0.05) is 18.8 Å². The zero-order chi connectivity index (χ0) is 21.1. The van der Waals surface area contributed by atoms with E-state index in [9.17, 15) is 9.59 Å². The van der Waals surface area contributed by atoms with Gasteiger partial charge in [-0.2, -0.15) is 4.52 Å². The number of piperidine rings is 1. The lowest BCUT2D eigenvalue weighted by atomic mass is 9.97. The molecule has 1 aliphatic heterocycles. The largest absolute Gasteiger partial charge is 0.462 e. The second-order valence-corrected chi connectivity index (χ2v) is 7.28. The lowest BCUT2D eigenvalue weighted by Crippen LogP contribution is -2.41. The van der Waals surface area contributed by atoms with Crippen molar-refractivity contribution >= 4 is 29.0 Å². The molecule has 1 atom stereocenters. The number of carbonyl (C=O) groups is 2. The van der Waals surface area contributed by atoms with E-state index in [0.717, 1.165) is 31.0 Å². The minimum Gasteiger partial charge on any atom is -0.462 e. The summed E-state index contributed by atoms with van der Waals surface area (Å²) in [6.45, 7) is 5.38. The zero-order valence-corrected chi connectivity index (χ0v) is 17.0. The van der Waals surface area contributed by atoms with Crippen LogP contribution in [-0.4, -0.2) is 51.4 Å². The van der Waals surface area contributed by atoms with Gasteiger partial charge in [0.1, 0.15) is 5.82 Å². The molecule has 9 nitrogen and oxygen atoms in total. The molecule has 0 radical (unpaired) electrons. The van der Waals surface area contributed by atoms with Crippen LogP contribution in [0.2, 0.25) is 0 Å². The topological polar surface area (TPSA) is 102 Å². The summed E-state index contributed by atoms with van der Waals surface area (Å²) < 4.78 is 6.69. The van der Waals surface area contributed by atoms with Crippen molar-refractivity contribution in [1.82, 2.24) is 19.8 Å². The van der Waals surface area contributed by atoms with Gasteiger partial charge >= 0.3 is 5.97 Å². The van der Waals surface area contributed by atoms with E-state index < -0.39 is 0 Å². The maximum Gasteiger partial charge on any atom is 0.338 e. The highest BCUT2D eigenvalue weighted by Gasteiger charge is 2.27. The van der Waals surface area contributed by atoms with E-state index in [-0.39, 0.29) is 17.8 Å². The highest BCUT2D eigenvalue weighted by atomic mass is 16.5. The van der Waals surface area contributed by atoms with E-state index in [1.807, 2.05) is 19.1 Å². The predicted molar refractivity (Wildman–Crippen MR) is 111 cm³/mol. The zero-order valence-electron chi connectivity index (χ0n) is 17.0. The van der Waals surface area contributed by atoms with Crippen molar-refractivity contribution < 1.29 is 14.3 Å². The summed E-state index contributed by atoms with van der Waals surface area (Å²) >= 11 is 0. The highest BCUT2D eigenvalue weighted by Crippen LogP contribution is 2.23. The molecule has 3 heterocycles. The Kier molecular flexibility index (Phi) is 5.60. The average molecular weight is 408 g/mol. The minimum absolute atomic E-state index is 0.0369. The summed E-state index contributed by atoms with van der Waals surface area (Å²) in [7, 11) is 0. The molecule has 2 aromatic heterocycles. The molecule has 1 saturated heterocycles. The van der Waals surface area contributed by atoms with Crippen LogP contribution >= 0.6 is 0 Å². The Morgan fingerprint density at radius 1 is 1.17 bits per heavy atom. The number of rotatable bonds is 5. The number of nitrogens with zero attached hydrogens (tertiary/aromatic N) is 5. The minimum atomic E-state index is -0.369. The first-order valence-corrected chi connectivity index (χ1v) is 10.1. The van der Waals surface area contributed by atoms with Gasteiger partial charge in [0.2, 0.25) is 5.91 Å². The molecule has 1 amide bonds. The number of fused-ring (bicyclic) bond motifs is 1. The number of anilines is 2. The fourth-order valence-electron chi connectivity index (χ4n) is 3.60. The molecule has 4 rings (SSSR count). The second-order valence-electron chi connectivity index (χ2n) is 7.28. The Morgan fingerprint density at radius 2 is 1.97 bits per heavy atom. The number of carbonyl (C=O) groups excluding carboxylic acids is 2. The molecule has 0 spiro atoms. The quantitative estimate of drug-likeness (QED) is 0.647. The Morgan fingerprint density at radius 3 is 2.73 bits per heavy atom. The van der Waals surface area contributed by atoms with Crippen LogP contribution in [0, 0.1) is 12.8 Å². The summed E-state index contributed by atoms with van der Waals surface area (Å²) in [5.41, 5.74) is 1.82.